The van der Waals surface area contributed by atoms with Crippen LogP contribution in [0.4, 0.5) is 0 Å². The van der Waals surface area contributed by atoms with Gasteiger partial charge in [-0.05, 0) is 48.7 Å². The molecule has 0 saturated carbocycles. The molecule has 0 spiro atoms. The Labute approximate surface area is 125 Å². The third kappa shape index (κ3) is 2.53. The first-order valence-electron chi connectivity index (χ1n) is 7.15. The summed E-state index contributed by atoms with van der Waals surface area (Å²) in [7, 11) is 0. The molecule has 2 fully saturated rings. The smallest absolute Gasteiger partial charge is 0.0702 e. The SMILES string of the molecule is Cl.c1cnc2ccc(CN3C[C@H]4CNC[C@H]4C3)cc2c1. The fourth-order valence-corrected chi connectivity index (χ4v) is 3.56. The molecule has 4 heteroatoms. The van der Waals surface area contributed by atoms with E-state index in [4.69, 9.17) is 0 Å². The maximum Gasteiger partial charge on any atom is 0.0702 e. The van der Waals surface area contributed by atoms with E-state index in [-0.39, 0.29) is 12.4 Å². The minimum absolute atomic E-state index is 0. The number of nitrogens with one attached hydrogen (secondary N) is 1. The molecule has 2 saturated heterocycles. The van der Waals surface area contributed by atoms with Crippen LogP contribution in [0.25, 0.3) is 10.9 Å². The maximum atomic E-state index is 4.38. The number of halogens is 1. The molecule has 0 amide bonds. The number of pyridine rings is 1. The molecule has 20 heavy (non-hydrogen) atoms. The van der Waals surface area contributed by atoms with Gasteiger partial charge in [-0.25, -0.2) is 0 Å². The average molecular weight is 290 g/mol. The highest BCUT2D eigenvalue weighted by Gasteiger charge is 2.35. The summed E-state index contributed by atoms with van der Waals surface area (Å²) < 4.78 is 0. The van der Waals surface area contributed by atoms with Crippen LogP contribution in [0, 0.1) is 11.8 Å². The molecule has 2 aliphatic rings. The van der Waals surface area contributed by atoms with Crippen molar-refractivity contribution in [3.63, 3.8) is 0 Å². The lowest BCUT2D eigenvalue weighted by atomic mass is 10.0. The molecule has 1 aromatic heterocycles. The average Bonchev–Trinajstić information content (AvgIpc) is 2.99. The summed E-state index contributed by atoms with van der Waals surface area (Å²) >= 11 is 0. The molecule has 1 aromatic carbocycles. The zero-order valence-electron chi connectivity index (χ0n) is 11.5. The Hall–Kier alpha value is -1.16. The fraction of sp³-hybridized carbons (Fsp3) is 0.438. The first kappa shape index (κ1) is 13.8. The van der Waals surface area contributed by atoms with E-state index in [2.05, 4.69) is 39.5 Å². The topological polar surface area (TPSA) is 28.2 Å². The van der Waals surface area contributed by atoms with Gasteiger partial charge in [-0.15, -0.1) is 12.4 Å². The number of nitrogens with zero attached hydrogens (tertiary/aromatic N) is 2. The molecule has 0 bridgehead atoms. The van der Waals surface area contributed by atoms with Gasteiger partial charge in [0.1, 0.15) is 0 Å². The zero-order chi connectivity index (χ0) is 12.7. The van der Waals surface area contributed by atoms with E-state index in [0.717, 1.165) is 23.9 Å². The van der Waals surface area contributed by atoms with Crippen molar-refractivity contribution in [1.29, 1.82) is 0 Å². The molecule has 2 aromatic rings. The van der Waals surface area contributed by atoms with Crippen LogP contribution >= 0.6 is 12.4 Å². The number of likely N-dealkylation sites (tertiary alicyclic amines) is 1. The van der Waals surface area contributed by atoms with E-state index >= 15 is 0 Å². The first-order chi connectivity index (χ1) is 9.38. The van der Waals surface area contributed by atoms with Crippen LogP contribution < -0.4 is 5.32 Å². The van der Waals surface area contributed by atoms with Crippen molar-refractivity contribution in [2.24, 2.45) is 11.8 Å². The van der Waals surface area contributed by atoms with E-state index in [1.54, 1.807) is 0 Å². The van der Waals surface area contributed by atoms with E-state index in [1.807, 2.05) is 12.3 Å². The van der Waals surface area contributed by atoms with Gasteiger partial charge in [-0.3, -0.25) is 9.88 Å². The highest BCUT2D eigenvalue weighted by atomic mass is 35.5. The lowest BCUT2D eigenvalue weighted by Gasteiger charge is -2.17. The van der Waals surface area contributed by atoms with Gasteiger partial charge in [0.25, 0.3) is 0 Å². The van der Waals surface area contributed by atoms with Gasteiger partial charge in [-0.2, -0.15) is 0 Å². The van der Waals surface area contributed by atoms with Crippen LogP contribution in [-0.4, -0.2) is 36.1 Å². The van der Waals surface area contributed by atoms with E-state index in [0.29, 0.717) is 0 Å². The zero-order valence-corrected chi connectivity index (χ0v) is 12.3. The monoisotopic (exact) mass is 289 g/mol. The summed E-state index contributed by atoms with van der Waals surface area (Å²) in [6, 6.07) is 10.8. The number of benzene rings is 1. The van der Waals surface area contributed by atoms with Crippen LogP contribution in [-0.2, 0) is 6.54 Å². The summed E-state index contributed by atoms with van der Waals surface area (Å²) in [6.07, 6.45) is 1.86. The Morgan fingerprint density at radius 3 is 2.75 bits per heavy atom. The predicted octanol–water partition coefficient (Wildman–Crippen LogP) is 2.31. The molecule has 2 aliphatic heterocycles. The van der Waals surface area contributed by atoms with Gasteiger partial charge in [0.2, 0.25) is 0 Å². The maximum absolute atomic E-state index is 4.38. The molecule has 0 radical (unpaired) electrons. The predicted molar refractivity (Wildman–Crippen MR) is 84.1 cm³/mol. The molecule has 106 valence electrons. The largest absolute Gasteiger partial charge is 0.316 e. The summed E-state index contributed by atoms with van der Waals surface area (Å²) in [4.78, 5) is 6.98. The molecule has 0 unspecified atom stereocenters. The molecule has 2 atom stereocenters. The Bertz CT molecular complexity index is 589. The molecule has 1 N–H and O–H groups in total. The van der Waals surface area contributed by atoms with Crippen molar-refractivity contribution >= 4 is 23.3 Å². The highest BCUT2D eigenvalue weighted by molar-refractivity contribution is 5.85. The summed E-state index contributed by atoms with van der Waals surface area (Å²) in [6.45, 7) is 6.01. The Morgan fingerprint density at radius 1 is 1.15 bits per heavy atom. The second-order valence-corrected chi connectivity index (χ2v) is 5.90. The van der Waals surface area contributed by atoms with E-state index < -0.39 is 0 Å². The Kier molecular flexibility index (Phi) is 3.92. The van der Waals surface area contributed by atoms with Crippen LogP contribution in [0.1, 0.15) is 5.56 Å². The minimum atomic E-state index is 0. The third-order valence-corrected chi connectivity index (χ3v) is 4.54. The summed E-state index contributed by atoms with van der Waals surface area (Å²) in [5, 5.41) is 4.75. The number of rotatable bonds is 2. The van der Waals surface area contributed by atoms with Crippen molar-refractivity contribution < 1.29 is 0 Å². The van der Waals surface area contributed by atoms with Crippen molar-refractivity contribution in [3.8, 4) is 0 Å². The highest BCUT2D eigenvalue weighted by Crippen LogP contribution is 2.27. The number of hydrogen-bond acceptors (Lipinski definition) is 3. The lowest BCUT2D eigenvalue weighted by molar-refractivity contribution is 0.306. The second kappa shape index (κ2) is 5.68. The number of fused-ring (bicyclic) bond motifs is 2. The molecule has 3 nitrogen and oxygen atoms in total. The summed E-state index contributed by atoms with van der Waals surface area (Å²) in [5.41, 5.74) is 2.50. The van der Waals surface area contributed by atoms with Crippen LogP contribution in [0.5, 0.6) is 0 Å². The van der Waals surface area contributed by atoms with Crippen molar-refractivity contribution in [1.82, 2.24) is 15.2 Å². The van der Waals surface area contributed by atoms with Gasteiger partial charge in [0.15, 0.2) is 0 Å². The molecule has 4 rings (SSSR count). The lowest BCUT2D eigenvalue weighted by Crippen LogP contribution is -2.25. The fourth-order valence-electron chi connectivity index (χ4n) is 3.56. The molecule has 3 heterocycles. The number of aromatic nitrogens is 1. The van der Waals surface area contributed by atoms with Crippen molar-refractivity contribution in [2.45, 2.75) is 6.54 Å². The van der Waals surface area contributed by atoms with Crippen LogP contribution in [0.15, 0.2) is 36.5 Å². The van der Waals surface area contributed by atoms with Gasteiger partial charge in [-0.1, -0.05) is 12.1 Å². The minimum Gasteiger partial charge on any atom is -0.316 e. The normalized spacial score (nSPS) is 25.6. The standard InChI is InChI=1S/C16H19N3.ClH/c1-2-13-6-12(3-4-16(13)18-5-1)9-19-10-14-7-17-8-15(14)11-19;/h1-6,14-15,17H,7-11H2;1H/t14-,15+;. The molecule has 0 aliphatic carbocycles. The van der Waals surface area contributed by atoms with Gasteiger partial charge in [0, 0.05) is 31.2 Å². The Balaban J connectivity index is 0.00000121. The first-order valence-corrected chi connectivity index (χ1v) is 7.15. The van der Waals surface area contributed by atoms with Gasteiger partial charge >= 0.3 is 0 Å². The van der Waals surface area contributed by atoms with Gasteiger partial charge < -0.3 is 5.32 Å². The molecular formula is C16H20ClN3. The van der Waals surface area contributed by atoms with Crippen molar-refractivity contribution in [3.05, 3.63) is 42.1 Å². The van der Waals surface area contributed by atoms with Crippen LogP contribution in [0.2, 0.25) is 0 Å². The van der Waals surface area contributed by atoms with Crippen molar-refractivity contribution in [2.75, 3.05) is 26.2 Å². The second-order valence-electron chi connectivity index (χ2n) is 5.90. The van der Waals surface area contributed by atoms with Gasteiger partial charge in [0.05, 0.1) is 5.52 Å². The molecular weight excluding hydrogens is 270 g/mol. The Morgan fingerprint density at radius 2 is 1.95 bits per heavy atom. The van der Waals surface area contributed by atoms with Crippen LogP contribution in [0.3, 0.4) is 0 Å². The van der Waals surface area contributed by atoms with E-state index in [9.17, 15) is 0 Å². The number of hydrogen-bond donors (Lipinski definition) is 1. The quantitative estimate of drug-likeness (QED) is 0.920. The summed E-state index contributed by atoms with van der Waals surface area (Å²) in [5.74, 6) is 1.75. The third-order valence-electron chi connectivity index (χ3n) is 4.54. The van der Waals surface area contributed by atoms with E-state index in [1.165, 1.54) is 37.1 Å².